The van der Waals surface area contributed by atoms with Gasteiger partial charge < -0.3 is 0 Å². The molecule has 0 radical (unpaired) electrons. The van der Waals surface area contributed by atoms with Crippen LogP contribution in [0.1, 0.15) is 34.1 Å². The van der Waals surface area contributed by atoms with Crippen LogP contribution >= 0.6 is 0 Å². The van der Waals surface area contributed by atoms with Crippen molar-refractivity contribution in [3.05, 3.63) is 29.1 Å². The molecule has 0 aromatic carbocycles. The van der Waals surface area contributed by atoms with Crippen molar-refractivity contribution >= 4 is 6.29 Å². The zero-order valence-electron chi connectivity index (χ0n) is 7.33. The van der Waals surface area contributed by atoms with E-state index >= 15 is 0 Å². The van der Waals surface area contributed by atoms with Crippen LogP contribution < -0.4 is 0 Å². The SMILES string of the molecule is Cc1nc([C@@H]2C[C@@H]2F)ccc1C=O. The van der Waals surface area contributed by atoms with Crippen LogP contribution in [0.25, 0.3) is 0 Å². The van der Waals surface area contributed by atoms with Gasteiger partial charge in [-0.15, -0.1) is 0 Å². The fraction of sp³-hybridized carbons (Fsp3) is 0.400. The first-order valence-electron chi connectivity index (χ1n) is 4.29. The summed E-state index contributed by atoms with van der Waals surface area (Å²) in [5, 5.41) is 0. The van der Waals surface area contributed by atoms with Gasteiger partial charge in [0, 0.05) is 22.9 Å². The smallest absolute Gasteiger partial charge is 0.151 e. The van der Waals surface area contributed by atoms with E-state index in [9.17, 15) is 9.18 Å². The number of aryl methyl sites for hydroxylation is 1. The molecular formula is C10H10FNO. The van der Waals surface area contributed by atoms with Crippen LogP contribution in [0.15, 0.2) is 12.1 Å². The van der Waals surface area contributed by atoms with Crippen molar-refractivity contribution in [2.24, 2.45) is 0 Å². The number of rotatable bonds is 2. The zero-order chi connectivity index (χ0) is 9.42. The monoisotopic (exact) mass is 179 g/mol. The second-order valence-electron chi connectivity index (χ2n) is 3.39. The minimum atomic E-state index is -0.728. The van der Waals surface area contributed by atoms with Gasteiger partial charge >= 0.3 is 0 Å². The molecule has 3 heteroatoms. The van der Waals surface area contributed by atoms with Crippen LogP contribution in [0.4, 0.5) is 4.39 Å². The highest BCUT2D eigenvalue weighted by atomic mass is 19.1. The first kappa shape index (κ1) is 8.35. The van der Waals surface area contributed by atoms with E-state index in [2.05, 4.69) is 4.98 Å². The van der Waals surface area contributed by atoms with Gasteiger partial charge in [0.15, 0.2) is 6.29 Å². The van der Waals surface area contributed by atoms with Gasteiger partial charge in [-0.1, -0.05) is 0 Å². The fourth-order valence-corrected chi connectivity index (χ4v) is 1.39. The van der Waals surface area contributed by atoms with Crippen LogP contribution in [-0.2, 0) is 0 Å². The van der Waals surface area contributed by atoms with Gasteiger partial charge in [0.1, 0.15) is 6.17 Å². The lowest BCUT2D eigenvalue weighted by Gasteiger charge is -2.00. The van der Waals surface area contributed by atoms with Gasteiger partial charge in [0.25, 0.3) is 0 Å². The molecule has 0 N–H and O–H groups in total. The molecule has 2 rings (SSSR count). The van der Waals surface area contributed by atoms with Crippen molar-refractivity contribution in [1.82, 2.24) is 4.98 Å². The Morgan fingerprint density at radius 2 is 2.31 bits per heavy atom. The molecule has 0 aliphatic heterocycles. The van der Waals surface area contributed by atoms with Gasteiger partial charge in [-0.25, -0.2) is 4.39 Å². The maximum Gasteiger partial charge on any atom is 0.151 e. The molecule has 0 spiro atoms. The van der Waals surface area contributed by atoms with E-state index in [1.807, 2.05) is 0 Å². The average molecular weight is 179 g/mol. The molecule has 0 amide bonds. The Morgan fingerprint density at radius 3 is 2.77 bits per heavy atom. The summed E-state index contributed by atoms with van der Waals surface area (Å²) in [7, 11) is 0. The summed E-state index contributed by atoms with van der Waals surface area (Å²) < 4.78 is 12.7. The topological polar surface area (TPSA) is 30.0 Å². The second-order valence-corrected chi connectivity index (χ2v) is 3.39. The Hall–Kier alpha value is -1.25. The van der Waals surface area contributed by atoms with Gasteiger partial charge in [0.05, 0.1) is 0 Å². The molecule has 2 atom stereocenters. The predicted molar refractivity (Wildman–Crippen MR) is 46.6 cm³/mol. The molecule has 1 aliphatic carbocycles. The molecular weight excluding hydrogens is 169 g/mol. The molecule has 0 unspecified atom stereocenters. The molecule has 0 saturated heterocycles. The van der Waals surface area contributed by atoms with Crippen LogP contribution in [0.5, 0.6) is 0 Å². The predicted octanol–water partition coefficient (Wildman–Crippen LogP) is 2.03. The first-order chi connectivity index (χ1) is 6.22. The van der Waals surface area contributed by atoms with Crippen molar-refractivity contribution < 1.29 is 9.18 Å². The summed E-state index contributed by atoms with van der Waals surface area (Å²) in [6.07, 6.45) is 0.618. The quantitative estimate of drug-likeness (QED) is 0.650. The van der Waals surface area contributed by atoms with Crippen molar-refractivity contribution in [1.29, 1.82) is 0 Å². The highest BCUT2D eigenvalue weighted by molar-refractivity contribution is 5.76. The fourth-order valence-electron chi connectivity index (χ4n) is 1.39. The van der Waals surface area contributed by atoms with Gasteiger partial charge in [0.2, 0.25) is 0 Å². The summed E-state index contributed by atoms with van der Waals surface area (Å²) in [6, 6.07) is 3.44. The van der Waals surface area contributed by atoms with Crippen molar-refractivity contribution in [3.8, 4) is 0 Å². The van der Waals surface area contributed by atoms with Crippen molar-refractivity contribution in [2.75, 3.05) is 0 Å². The Bertz CT molecular complexity index is 351. The average Bonchev–Trinajstić information content (AvgIpc) is 2.82. The van der Waals surface area contributed by atoms with Crippen LogP contribution in [0.3, 0.4) is 0 Å². The van der Waals surface area contributed by atoms with Crippen LogP contribution in [0.2, 0.25) is 0 Å². The third kappa shape index (κ3) is 1.46. The van der Waals surface area contributed by atoms with E-state index < -0.39 is 6.17 Å². The van der Waals surface area contributed by atoms with Crippen LogP contribution in [0, 0.1) is 6.92 Å². The number of carbonyl (C=O) groups is 1. The summed E-state index contributed by atoms with van der Waals surface area (Å²) in [6.45, 7) is 1.77. The maximum atomic E-state index is 12.7. The lowest BCUT2D eigenvalue weighted by atomic mass is 10.1. The zero-order valence-corrected chi connectivity index (χ0v) is 7.33. The normalized spacial score (nSPS) is 25.7. The summed E-state index contributed by atoms with van der Waals surface area (Å²) in [5.41, 5.74) is 2.04. The Balaban J connectivity index is 2.30. The number of aromatic nitrogens is 1. The van der Waals surface area contributed by atoms with E-state index in [0.717, 1.165) is 12.0 Å². The molecule has 2 nitrogen and oxygen atoms in total. The standard InChI is InChI=1S/C10H10FNO/c1-6-7(5-13)2-3-10(12-6)8-4-9(8)11/h2-3,5,8-9H,4H2,1H3/t8-,9+/m1/s1. The highest BCUT2D eigenvalue weighted by Gasteiger charge is 2.39. The van der Waals surface area contributed by atoms with E-state index in [0.29, 0.717) is 17.7 Å². The molecule has 1 heterocycles. The Kier molecular flexibility index (Phi) is 1.87. The number of carbonyl (C=O) groups excluding carboxylic acids is 1. The van der Waals surface area contributed by atoms with Gasteiger partial charge in [-0.2, -0.15) is 0 Å². The molecule has 1 aromatic heterocycles. The van der Waals surface area contributed by atoms with E-state index in [1.165, 1.54) is 0 Å². The van der Waals surface area contributed by atoms with Crippen molar-refractivity contribution in [2.45, 2.75) is 25.4 Å². The largest absolute Gasteiger partial charge is 0.298 e. The Morgan fingerprint density at radius 1 is 1.62 bits per heavy atom. The minimum Gasteiger partial charge on any atom is -0.298 e. The molecule has 68 valence electrons. The third-order valence-corrected chi connectivity index (χ3v) is 2.37. The molecule has 1 aliphatic rings. The maximum absolute atomic E-state index is 12.7. The number of nitrogens with zero attached hydrogens (tertiary/aromatic N) is 1. The third-order valence-electron chi connectivity index (χ3n) is 2.37. The number of hydrogen-bond acceptors (Lipinski definition) is 2. The molecule has 1 saturated carbocycles. The van der Waals surface area contributed by atoms with Crippen molar-refractivity contribution in [3.63, 3.8) is 0 Å². The summed E-state index contributed by atoms with van der Waals surface area (Å²) >= 11 is 0. The molecule has 0 bridgehead atoms. The highest BCUT2D eigenvalue weighted by Crippen LogP contribution is 2.42. The first-order valence-corrected chi connectivity index (χ1v) is 4.29. The molecule has 13 heavy (non-hydrogen) atoms. The number of aldehydes is 1. The molecule has 1 fully saturated rings. The number of hydrogen-bond donors (Lipinski definition) is 0. The van der Waals surface area contributed by atoms with Gasteiger partial charge in [-0.3, -0.25) is 9.78 Å². The lowest BCUT2D eigenvalue weighted by Crippen LogP contribution is -1.95. The van der Waals surface area contributed by atoms with E-state index in [4.69, 9.17) is 0 Å². The Labute approximate surface area is 75.8 Å². The molecule has 1 aromatic rings. The number of alkyl halides is 1. The van der Waals surface area contributed by atoms with Gasteiger partial charge in [-0.05, 0) is 25.5 Å². The number of halogens is 1. The number of pyridine rings is 1. The lowest BCUT2D eigenvalue weighted by molar-refractivity contribution is 0.112. The van der Waals surface area contributed by atoms with E-state index in [1.54, 1.807) is 19.1 Å². The van der Waals surface area contributed by atoms with Crippen LogP contribution in [-0.4, -0.2) is 17.4 Å². The van der Waals surface area contributed by atoms with E-state index in [-0.39, 0.29) is 5.92 Å². The minimum absolute atomic E-state index is 0.0283. The summed E-state index contributed by atoms with van der Waals surface area (Å²) in [4.78, 5) is 14.7. The second kappa shape index (κ2) is 2.91. The summed E-state index contributed by atoms with van der Waals surface area (Å²) in [5.74, 6) is -0.0283.